The van der Waals surface area contributed by atoms with Crippen LogP contribution in [-0.4, -0.2) is 85.7 Å². The third kappa shape index (κ3) is 6.87. The van der Waals surface area contributed by atoms with E-state index in [1.54, 1.807) is 0 Å². The van der Waals surface area contributed by atoms with Gasteiger partial charge in [0.2, 0.25) is 0 Å². The molecule has 0 unspecified atom stereocenters. The Kier molecular flexibility index (Phi) is 10.8. The first kappa shape index (κ1) is 17.5. The van der Waals surface area contributed by atoms with E-state index in [0.717, 1.165) is 28.7 Å². The van der Waals surface area contributed by atoms with Crippen molar-refractivity contribution in [3.63, 3.8) is 0 Å². The molecule has 0 fully saturated rings. The minimum absolute atomic E-state index is 0.317. The molecule has 100 valence electrons. The van der Waals surface area contributed by atoms with Crippen molar-refractivity contribution in [2.45, 2.75) is 30.2 Å². The number of carbonyl (C=O) groups is 2. The Bertz CT molecular complexity index is 218. The van der Waals surface area contributed by atoms with Gasteiger partial charge in [-0.2, -0.15) is 0 Å². The Labute approximate surface area is 125 Å². The molecule has 0 aliphatic rings. The molecule has 0 saturated carbocycles. The molecule has 0 aliphatic heterocycles. The summed E-state index contributed by atoms with van der Waals surface area (Å²) in [6.07, 6.45) is 0. The number of carbonyl (C=O) groups excluding carboxylic acids is 2. The van der Waals surface area contributed by atoms with Crippen LogP contribution in [-0.2, 0) is 0 Å². The Balaban J connectivity index is 3.90. The molecule has 4 nitrogen and oxygen atoms in total. The van der Waals surface area contributed by atoms with E-state index in [1.165, 1.54) is 0 Å². The van der Waals surface area contributed by atoms with E-state index in [4.69, 9.17) is 0 Å². The zero-order chi connectivity index (χ0) is 13.3. The van der Waals surface area contributed by atoms with Crippen LogP contribution in [0.2, 0.25) is 2.52 Å². The minimum atomic E-state index is -0.646. The molecule has 17 heavy (non-hydrogen) atoms. The molecule has 6 heteroatoms. The van der Waals surface area contributed by atoms with Gasteiger partial charge in [0.15, 0.2) is 0 Å². The van der Waals surface area contributed by atoms with Gasteiger partial charge in [0, 0.05) is 0 Å². The second kappa shape index (κ2) is 10.4. The molecule has 0 bridgehead atoms. The molecule has 0 aromatic carbocycles. The van der Waals surface area contributed by atoms with E-state index < -0.39 is 41.8 Å². The van der Waals surface area contributed by atoms with Gasteiger partial charge in [0.05, 0.1) is 0 Å². The van der Waals surface area contributed by atoms with Gasteiger partial charge >= 0.3 is 126 Å². The summed E-state index contributed by atoms with van der Waals surface area (Å²) in [5, 5.41) is 0. The molecular weight excluding hydrogens is 447 g/mol. The van der Waals surface area contributed by atoms with Gasteiger partial charge in [0.1, 0.15) is 0 Å². The van der Waals surface area contributed by atoms with Crippen molar-refractivity contribution >= 4 is 49.8 Å². The number of rotatable bonds is 8. The monoisotopic (exact) mass is 474 g/mol. The van der Waals surface area contributed by atoms with E-state index in [1.807, 2.05) is 37.5 Å². The van der Waals surface area contributed by atoms with Gasteiger partial charge < -0.3 is 0 Å². The number of amides is 2. The number of nitrogens with zero attached hydrogens (tertiary/aromatic N) is 2. The topological polar surface area (TPSA) is 40.6 Å². The predicted octanol–water partition coefficient (Wildman–Crippen LogP) is 1.69. The van der Waals surface area contributed by atoms with Crippen molar-refractivity contribution in [2.75, 3.05) is 26.2 Å². The third-order valence-corrected chi connectivity index (χ3v) is 10.5. The van der Waals surface area contributed by atoms with Gasteiger partial charge in [-0.1, -0.05) is 0 Å². The summed E-state index contributed by atoms with van der Waals surface area (Å²) in [7, 11) is 0. The standard InChI is InChI=1S/C11H22N2O2Te2/c1-5-12(6-2)10(14)16-9-17-11(15)13(7-3)8-4/h5-9H2,1-4H3. The fourth-order valence-electron chi connectivity index (χ4n) is 1.28. The first-order valence-electron chi connectivity index (χ1n) is 5.93. The molecule has 0 aliphatic carbocycles. The second-order valence-electron chi connectivity index (χ2n) is 3.28. The molecular formula is C11H22N2O2Te2. The average molecular weight is 470 g/mol. The Morgan fingerprint density at radius 3 is 1.29 bits per heavy atom. The Hall–Kier alpha value is 0.519. The first-order valence-corrected chi connectivity index (χ1v) is 11.6. The van der Waals surface area contributed by atoms with Crippen molar-refractivity contribution in [1.82, 2.24) is 9.80 Å². The first-order chi connectivity index (χ1) is 8.10. The van der Waals surface area contributed by atoms with Crippen molar-refractivity contribution in [3.05, 3.63) is 0 Å². The zero-order valence-corrected chi connectivity index (χ0v) is 15.7. The summed E-state index contributed by atoms with van der Waals surface area (Å²) < 4.78 is 1.55. The SMILES string of the molecule is CCN(CC)C(=O)[Te]C[Te]C(=O)N(CC)CC. The van der Waals surface area contributed by atoms with Crippen LogP contribution in [0.25, 0.3) is 0 Å². The summed E-state index contributed by atoms with van der Waals surface area (Å²) in [4.78, 5) is 27.3. The summed E-state index contributed by atoms with van der Waals surface area (Å²) >= 11 is -1.29. The molecule has 2 amide bonds. The third-order valence-electron chi connectivity index (χ3n) is 2.41. The fourth-order valence-corrected chi connectivity index (χ4v) is 9.52. The summed E-state index contributed by atoms with van der Waals surface area (Å²) in [6.45, 7) is 11.2. The van der Waals surface area contributed by atoms with Crippen LogP contribution in [0.5, 0.6) is 0 Å². The van der Waals surface area contributed by atoms with E-state index in [-0.39, 0.29) is 0 Å². The van der Waals surface area contributed by atoms with E-state index in [9.17, 15) is 9.59 Å². The number of hydrogen-bond donors (Lipinski definition) is 0. The van der Waals surface area contributed by atoms with Crippen molar-refractivity contribution in [1.29, 1.82) is 0 Å². The maximum absolute atomic E-state index is 11.8. The van der Waals surface area contributed by atoms with Crippen molar-refractivity contribution in [2.24, 2.45) is 0 Å². The quantitative estimate of drug-likeness (QED) is 0.508. The Morgan fingerprint density at radius 1 is 0.765 bits per heavy atom. The van der Waals surface area contributed by atoms with Crippen molar-refractivity contribution in [3.8, 4) is 0 Å². The zero-order valence-electron chi connectivity index (χ0n) is 11.1. The normalized spacial score (nSPS) is 10.1. The molecule has 0 rings (SSSR count). The molecule has 0 heterocycles. The van der Waals surface area contributed by atoms with Crippen LogP contribution in [0.15, 0.2) is 0 Å². The van der Waals surface area contributed by atoms with Crippen LogP contribution in [0, 0.1) is 0 Å². The van der Waals surface area contributed by atoms with Gasteiger partial charge in [-0.3, -0.25) is 0 Å². The molecule has 0 radical (unpaired) electrons. The van der Waals surface area contributed by atoms with Gasteiger partial charge in [-0.25, -0.2) is 0 Å². The van der Waals surface area contributed by atoms with E-state index in [0.29, 0.717) is 7.91 Å². The van der Waals surface area contributed by atoms with Crippen LogP contribution >= 0.6 is 0 Å². The molecule has 0 N–H and O–H groups in total. The van der Waals surface area contributed by atoms with Crippen LogP contribution < -0.4 is 0 Å². The second-order valence-corrected chi connectivity index (χ2v) is 12.1. The number of hydrogen-bond acceptors (Lipinski definition) is 2. The van der Waals surface area contributed by atoms with Gasteiger partial charge in [-0.05, 0) is 0 Å². The molecule has 0 spiro atoms. The molecule has 0 aromatic heterocycles. The molecule has 0 aromatic rings. The molecule has 0 atom stereocenters. The summed E-state index contributed by atoms with van der Waals surface area (Å²) in [6, 6.07) is 0. The van der Waals surface area contributed by atoms with Gasteiger partial charge in [-0.15, -0.1) is 0 Å². The summed E-state index contributed by atoms with van der Waals surface area (Å²) in [5.74, 6) is 0. The van der Waals surface area contributed by atoms with E-state index >= 15 is 0 Å². The van der Waals surface area contributed by atoms with Crippen LogP contribution in [0.3, 0.4) is 0 Å². The van der Waals surface area contributed by atoms with Crippen molar-refractivity contribution < 1.29 is 9.59 Å². The fraction of sp³-hybridized carbons (Fsp3) is 0.818. The van der Waals surface area contributed by atoms with Crippen LogP contribution in [0.4, 0.5) is 9.59 Å². The molecule has 0 saturated heterocycles. The maximum atomic E-state index is 11.8. The average Bonchev–Trinajstić information content (AvgIpc) is 2.32. The Morgan fingerprint density at radius 2 is 1.06 bits per heavy atom. The van der Waals surface area contributed by atoms with E-state index in [2.05, 4.69) is 0 Å². The van der Waals surface area contributed by atoms with Gasteiger partial charge in [0.25, 0.3) is 0 Å². The summed E-state index contributed by atoms with van der Waals surface area (Å²) in [5.41, 5.74) is 0. The van der Waals surface area contributed by atoms with Crippen LogP contribution in [0.1, 0.15) is 27.7 Å². The predicted molar refractivity (Wildman–Crippen MR) is 72.9 cm³/mol.